The van der Waals surface area contributed by atoms with Crippen LogP contribution in [0.1, 0.15) is 36.9 Å². The number of imide groups is 1. The number of hydrogen-bond acceptors (Lipinski definition) is 6. The van der Waals surface area contributed by atoms with E-state index in [-0.39, 0.29) is 11.8 Å². The summed E-state index contributed by atoms with van der Waals surface area (Å²) in [5.74, 6) is 0.300. The van der Waals surface area contributed by atoms with E-state index in [2.05, 4.69) is 33.8 Å². The molecule has 0 spiro atoms. The van der Waals surface area contributed by atoms with Crippen LogP contribution in [0.3, 0.4) is 0 Å². The summed E-state index contributed by atoms with van der Waals surface area (Å²) in [6.07, 6.45) is 1.47. The summed E-state index contributed by atoms with van der Waals surface area (Å²) in [6, 6.07) is 22.5. The average molecular weight is 591 g/mol. The molecule has 3 saturated heterocycles. The molecular formula is C31H32BrN3O4. The van der Waals surface area contributed by atoms with Crippen LogP contribution in [0.15, 0.2) is 77.3 Å². The lowest BCUT2D eigenvalue weighted by Gasteiger charge is -2.31. The fourth-order valence-electron chi connectivity index (χ4n) is 5.96. The smallest absolute Gasteiger partial charge is 0.266 e. The molecule has 3 aromatic carbocycles. The van der Waals surface area contributed by atoms with Gasteiger partial charge in [0.2, 0.25) is 5.91 Å². The number of nitrogens with zero attached hydrogens (tertiary/aromatic N) is 3. The molecule has 7 nitrogen and oxygen atoms in total. The molecule has 6 rings (SSSR count). The minimum atomic E-state index is -0.902. The third kappa shape index (κ3) is 4.86. The second kappa shape index (κ2) is 10.8. The number of piperidine rings is 1. The van der Waals surface area contributed by atoms with Gasteiger partial charge in [-0.3, -0.25) is 19.3 Å². The lowest BCUT2D eigenvalue weighted by molar-refractivity contribution is -0.126. The number of likely N-dealkylation sites (tertiary alicyclic amines) is 1. The molecule has 0 unspecified atom stereocenters. The molecule has 39 heavy (non-hydrogen) atoms. The first-order valence-corrected chi connectivity index (χ1v) is 14.3. The molecule has 3 fully saturated rings. The van der Waals surface area contributed by atoms with E-state index in [0.717, 1.165) is 52.6 Å². The molecule has 3 aliphatic rings. The molecular weight excluding hydrogens is 558 g/mol. The van der Waals surface area contributed by atoms with Crippen LogP contribution in [0.4, 0.5) is 11.4 Å². The van der Waals surface area contributed by atoms with E-state index in [1.54, 1.807) is 24.3 Å². The zero-order chi connectivity index (χ0) is 27.1. The summed E-state index contributed by atoms with van der Waals surface area (Å²) in [4.78, 5) is 37.6. The topological polar surface area (TPSA) is 62.3 Å². The number of amides is 2. The molecule has 0 aliphatic carbocycles. The minimum Gasteiger partial charge on any atom is -0.496 e. The Morgan fingerprint density at radius 2 is 1.64 bits per heavy atom. The standard InChI is InChI=1S/C31H32BrN3O4/c1-20-14-16-33(17-15-20)19-22-18-21(8-13-26(22)38-2)28-27-29(39-35(28)25-6-4-3-5-7-25)31(37)34(30(27)36)24-11-9-23(32)10-12-24/h3-13,18,20,27-29H,14-17,19H2,1-2H3/t27-,28+,29+/m1/s1. The van der Waals surface area contributed by atoms with E-state index in [1.165, 1.54) is 17.7 Å². The van der Waals surface area contributed by atoms with Gasteiger partial charge < -0.3 is 4.74 Å². The van der Waals surface area contributed by atoms with Crippen molar-refractivity contribution in [2.75, 3.05) is 30.2 Å². The predicted octanol–water partition coefficient (Wildman–Crippen LogP) is 5.74. The summed E-state index contributed by atoms with van der Waals surface area (Å²) in [5, 5.41) is 1.75. The van der Waals surface area contributed by atoms with Gasteiger partial charge in [-0.25, -0.2) is 9.96 Å². The van der Waals surface area contributed by atoms with Crippen LogP contribution in [-0.2, 0) is 21.0 Å². The summed E-state index contributed by atoms with van der Waals surface area (Å²) in [6.45, 7) is 5.19. The highest BCUT2D eigenvalue weighted by Gasteiger charge is 2.60. The highest BCUT2D eigenvalue weighted by molar-refractivity contribution is 9.10. The number of benzene rings is 3. The maximum absolute atomic E-state index is 14.0. The Kier molecular flexibility index (Phi) is 7.18. The van der Waals surface area contributed by atoms with E-state index in [4.69, 9.17) is 9.57 Å². The molecule has 202 valence electrons. The fraction of sp³-hybridized carbons (Fsp3) is 0.355. The van der Waals surface area contributed by atoms with E-state index >= 15 is 0 Å². The molecule has 0 saturated carbocycles. The number of rotatable bonds is 6. The van der Waals surface area contributed by atoms with Crippen LogP contribution in [0.2, 0.25) is 0 Å². The third-order valence-electron chi connectivity index (χ3n) is 8.13. The summed E-state index contributed by atoms with van der Waals surface area (Å²) in [5.41, 5.74) is 3.34. The predicted molar refractivity (Wildman–Crippen MR) is 153 cm³/mol. The van der Waals surface area contributed by atoms with Gasteiger partial charge in [-0.15, -0.1) is 0 Å². The first kappa shape index (κ1) is 26.0. The minimum absolute atomic E-state index is 0.252. The van der Waals surface area contributed by atoms with Crippen LogP contribution in [0, 0.1) is 11.8 Å². The van der Waals surface area contributed by atoms with Gasteiger partial charge in [-0.2, -0.15) is 0 Å². The number of anilines is 2. The van der Waals surface area contributed by atoms with Gasteiger partial charge in [-0.1, -0.05) is 47.1 Å². The summed E-state index contributed by atoms with van der Waals surface area (Å²) >= 11 is 3.43. The van der Waals surface area contributed by atoms with Crippen molar-refractivity contribution in [1.29, 1.82) is 0 Å². The van der Waals surface area contributed by atoms with Crippen molar-refractivity contribution < 1.29 is 19.2 Å². The lowest BCUT2D eigenvalue weighted by Crippen LogP contribution is -2.37. The molecule has 3 heterocycles. The van der Waals surface area contributed by atoms with Crippen LogP contribution in [0.5, 0.6) is 5.75 Å². The first-order chi connectivity index (χ1) is 18.9. The van der Waals surface area contributed by atoms with Crippen molar-refractivity contribution in [3.63, 3.8) is 0 Å². The zero-order valence-electron chi connectivity index (χ0n) is 22.1. The van der Waals surface area contributed by atoms with Crippen molar-refractivity contribution in [1.82, 2.24) is 4.90 Å². The fourth-order valence-corrected chi connectivity index (χ4v) is 6.23. The Balaban J connectivity index is 1.38. The van der Waals surface area contributed by atoms with E-state index in [1.807, 2.05) is 54.6 Å². The van der Waals surface area contributed by atoms with Gasteiger partial charge >= 0.3 is 0 Å². The Hall–Kier alpha value is -3.20. The SMILES string of the molecule is COc1ccc([C@H]2[C@H]3C(=O)N(c4ccc(Br)cc4)C(=O)[C@H]3ON2c2ccccc2)cc1CN1CCC(C)CC1. The first-order valence-electron chi connectivity index (χ1n) is 13.5. The van der Waals surface area contributed by atoms with Crippen LogP contribution >= 0.6 is 15.9 Å². The van der Waals surface area contributed by atoms with Crippen LogP contribution < -0.4 is 14.7 Å². The highest BCUT2D eigenvalue weighted by Crippen LogP contribution is 2.48. The normalized spacial score (nSPS) is 23.9. The third-order valence-corrected chi connectivity index (χ3v) is 8.66. The van der Waals surface area contributed by atoms with Gasteiger partial charge in [0.25, 0.3) is 5.91 Å². The molecule has 0 radical (unpaired) electrons. The number of halogens is 1. The molecule has 3 aromatic rings. The quantitative estimate of drug-likeness (QED) is 0.342. The summed E-state index contributed by atoms with van der Waals surface area (Å²) < 4.78 is 6.62. The second-order valence-corrected chi connectivity index (χ2v) is 11.6. The number of carbonyl (C=O) groups excluding carboxylic acids is 2. The van der Waals surface area contributed by atoms with Gasteiger partial charge in [-0.05, 0) is 85.9 Å². The molecule has 0 aromatic heterocycles. The monoisotopic (exact) mass is 589 g/mol. The van der Waals surface area contributed by atoms with Crippen LogP contribution in [0.25, 0.3) is 0 Å². The Bertz CT molecular complexity index is 1360. The maximum atomic E-state index is 14.0. The second-order valence-electron chi connectivity index (χ2n) is 10.7. The van der Waals surface area contributed by atoms with Crippen molar-refractivity contribution >= 4 is 39.1 Å². The molecule has 8 heteroatoms. The number of hydroxylamine groups is 1. The van der Waals surface area contributed by atoms with Gasteiger partial charge in [0.1, 0.15) is 11.7 Å². The van der Waals surface area contributed by atoms with E-state index in [9.17, 15) is 9.59 Å². The maximum Gasteiger partial charge on any atom is 0.266 e. The number of methoxy groups -OCH3 is 1. The van der Waals surface area contributed by atoms with Gasteiger partial charge in [0.15, 0.2) is 6.10 Å². The highest BCUT2D eigenvalue weighted by atomic mass is 79.9. The average Bonchev–Trinajstić information content (AvgIpc) is 3.46. The van der Waals surface area contributed by atoms with Gasteiger partial charge in [0.05, 0.1) is 24.5 Å². The number of fused-ring (bicyclic) bond motifs is 1. The zero-order valence-corrected chi connectivity index (χ0v) is 23.7. The summed E-state index contributed by atoms with van der Waals surface area (Å²) in [7, 11) is 1.69. The van der Waals surface area contributed by atoms with Crippen molar-refractivity contribution in [2.24, 2.45) is 11.8 Å². The van der Waals surface area contributed by atoms with Gasteiger partial charge in [0, 0.05) is 16.6 Å². The molecule has 3 atom stereocenters. The van der Waals surface area contributed by atoms with E-state index < -0.39 is 18.1 Å². The molecule has 3 aliphatic heterocycles. The number of para-hydroxylation sites is 1. The molecule has 2 amide bonds. The number of ether oxygens (including phenoxy) is 1. The Morgan fingerprint density at radius 3 is 2.33 bits per heavy atom. The van der Waals surface area contributed by atoms with Crippen molar-refractivity contribution in [2.45, 2.75) is 38.5 Å². The van der Waals surface area contributed by atoms with Crippen LogP contribution in [-0.4, -0.2) is 43.0 Å². The van der Waals surface area contributed by atoms with Crippen molar-refractivity contribution in [3.05, 3.63) is 88.4 Å². The molecule has 0 bridgehead atoms. The molecule has 0 N–H and O–H groups in total. The Labute approximate surface area is 237 Å². The Morgan fingerprint density at radius 1 is 0.923 bits per heavy atom. The number of carbonyl (C=O) groups is 2. The number of hydrogen-bond donors (Lipinski definition) is 0. The largest absolute Gasteiger partial charge is 0.496 e. The lowest BCUT2D eigenvalue weighted by atomic mass is 9.89. The van der Waals surface area contributed by atoms with E-state index in [0.29, 0.717) is 5.69 Å². The van der Waals surface area contributed by atoms with Crippen molar-refractivity contribution in [3.8, 4) is 5.75 Å².